The number of sulfonamides is 1. The van der Waals surface area contributed by atoms with Gasteiger partial charge >= 0.3 is 0 Å². The van der Waals surface area contributed by atoms with E-state index in [0.717, 1.165) is 11.3 Å². The molecule has 30 heavy (non-hydrogen) atoms. The summed E-state index contributed by atoms with van der Waals surface area (Å²) in [6.07, 6.45) is 0. The minimum absolute atomic E-state index is 0.0542. The highest BCUT2D eigenvalue weighted by molar-refractivity contribution is 7.90. The molecule has 0 aliphatic carbocycles. The topological polar surface area (TPSA) is 88.1 Å². The zero-order valence-corrected chi connectivity index (χ0v) is 18.7. The maximum atomic E-state index is 12.8. The Labute approximate surface area is 177 Å². The highest BCUT2D eigenvalue weighted by Crippen LogP contribution is 2.33. The van der Waals surface area contributed by atoms with Gasteiger partial charge in [0.05, 0.1) is 18.8 Å². The standard InChI is InChI=1S/C22H27N3O4S/c1-14(2)13-25-16(4)24-30(27,28)21-12-18(8-11-20(21)25)22(26)23-15(3)17-6-9-19(29-5)10-7-17/h6-12,14-15H,13H2,1-5H3,(H,23,26)/t15-/m1/s1. The number of nitrogens with zero attached hydrogens (tertiary/aromatic N) is 2. The van der Waals surface area contributed by atoms with Crippen LogP contribution in [0.5, 0.6) is 5.75 Å². The Morgan fingerprint density at radius 1 is 1.13 bits per heavy atom. The Morgan fingerprint density at radius 3 is 2.40 bits per heavy atom. The number of fused-ring (bicyclic) bond motifs is 1. The first-order valence-electron chi connectivity index (χ1n) is 9.80. The molecule has 8 heteroatoms. The van der Waals surface area contributed by atoms with E-state index in [1.165, 1.54) is 6.07 Å². The van der Waals surface area contributed by atoms with E-state index < -0.39 is 10.0 Å². The van der Waals surface area contributed by atoms with Crippen LogP contribution in [0.4, 0.5) is 5.69 Å². The summed E-state index contributed by atoms with van der Waals surface area (Å²) >= 11 is 0. The Balaban J connectivity index is 1.87. The number of carbonyl (C=O) groups is 1. The molecule has 0 saturated carbocycles. The second-order valence-corrected chi connectivity index (χ2v) is 9.34. The van der Waals surface area contributed by atoms with E-state index in [2.05, 4.69) is 23.6 Å². The summed E-state index contributed by atoms with van der Waals surface area (Å²) in [5.41, 5.74) is 1.74. The van der Waals surface area contributed by atoms with E-state index in [0.29, 0.717) is 24.0 Å². The number of rotatable bonds is 6. The van der Waals surface area contributed by atoms with Gasteiger partial charge in [-0.1, -0.05) is 26.0 Å². The molecule has 160 valence electrons. The van der Waals surface area contributed by atoms with Gasteiger partial charge in [0.1, 0.15) is 16.5 Å². The molecule has 1 atom stereocenters. The fourth-order valence-corrected chi connectivity index (χ4v) is 4.65. The smallest absolute Gasteiger partial charge is 0.286 e. The third kappa shape index (κ3) is 4.48. The van der Waals surface area contributed by atoms with Crippen LogP contribution in [0.25, 0.3) is 0 Å². The van der Waals surface area contributed by atoms with Crippen molar-refractivity contribution >= 4 is 27.5 Å². The molecular formula is C22H27N3O4S. The van der Waals surface area contributed by atoms with Crippen LogP contribution in [0.3, 0.4) is 0 Å². The fraction of sp³-hybridized carbons (Fsp3) is 0.364. The molecule has 2 aromatic rings. The summed E-state index contributed by atoms with van der Waals surface area (Å²) in [4.78, 5) is 14.7. The van der Waals surface area contributed by atoms with Gasteiger partial charge < -0.3 is 15.0 Å². The Hall–Kier alpha value is -2.87. The monoisotopic (exact) mass is 429 g/mol. The number of amides is 1. The predicted octanol–water partition coefficient (Wildman–Crippen LogP) is 3.77. The van der Waals surface area contributed by atoms with Gasteiger partial charge in [0, 0.05) is 12.1 Å². The molecule has 7 nitrogen and oxygen atoms in total. The minimum atomic E-state index is -3.85. The van der Waals surface area contributed by atoms with Crippen LogP contribution in [0, 0.1) is 5.92 Å². The number of ether oxygens (including phenoxy) is 1. The van der Waals surface area contributed by atoms with Crippen molar-refractivity contribution in [3.63, 3.8) is 0 Å². The van der Waals surface area contributed by atoms with Gasteiger partial charge in [-0.25, -0.2) is 0 Å². The van der Waals surface area contributed by atoms with Crippen LogP contribution >= 0.6 is 0 Å². The maximum absolute atomic E-state index is 12.8. The van der Waals surface area contributed by atoms with Crippen LogP contribution in [0.15, 0.2) is 51.8 Å². The summed E-state index contributed by atoms with van der Waals surface area (Å²) in [6, 6.07) is 11.9. The van der Waals surface area contributed by atoms with Crippen molar-refractivity contribution in [1.29, 1.82) is 0 Å². The molecule has 0 fully saturated rings. The van der Waals surface area contributed by atoms with Gasteiger partial charge in [-0.05, 0) is 55.7 Å². The van der Waals surface area contributed by atoms with Crippen molar-refractivity contribution in [1.82, 2.24) is 5.32 Å². The van der Waals surface area contributed by atoms with E-state index >= 15 is 0 Å². The number of carbonyl (C=O) groups excluding carboxylic acids is 1. The lowest BCUT2D eigenvalue weighted by atomic mass is 10.1. The molecule has 1 N–H and O–H groups in total. The quantitative estimate of drug-likeness (QED) is 0.755. The fourth-order valence-electron chi connectivity index (χ4n) is 3.38. The first-order valence-corrected chi connectivity index (χ1v) is 11.2. The lowest BCUT2D eigenvalue weighted by Crippen LogP contribution is -2.37. The molecule has 1 amide bonds. The van der Waals surface area contributed by atoms with Gasteiger partial charge in [-0.15, -0.1) is 4.40 Å². The van der Waals surface area contributed by atoms with Crippen LogP contribution < -0.4 is 15.0 Å². The van der Waals surface area contributed by atoms with Crippen LogP contribution in [0.2, 0.25) is 0 Å². The molecule has 2 aromatic carbocycles. The molecular weight excluding hydrogens is 402 g/mol. The van der Waals surface area contributed by atoms with Crippen LogP contribution in [0.1, 0.15) is 49.7 Å². The highest BCUT2D eigenvalue weighted by atomic mass is 32.2. The van der Waals surface area contributed by atoms with E-state index in [4.69, 9.17) is 4.74 Å². The van der Waals surface area contributed by atoms with Gasteiger partial charge in [-0.3, -0.25) is 4.79 Å². The van der Waals surface area contributed by atoms with E-state index in [1.54, 1.807) is 26.2 Å². The number of amidine groups is 1. The predicted molar refractivity (Wildman–Crippen MR) is 118 cm³/mol. The molecule has 0 unspecified atom stereocenters. The molecule has 0 bridgehead atoms. The number of hydrogen-bond donors (Lipinski definition) is 1. The average Bonchev–Trinajstić information content (AvgIpc) is 2.70. The zero-order chi connectivity index (χ0) is 22.1. The summed E-state index contributed by atoms with van der Waals surface area (Å²) in [5, 5.41) is 2.91. The first kappa shape index (κ1) is 21.8. The van der Waals surface area contributed by atoms with E-state index in [-0.39, 0.29) is 22.4 Å². The van der Waals surface area contributed by atoms with Crippen LogP contribution in [-0.4, -0.2) is 33.8 Å². The second-order valence-electron chi connectivity index (χ2n) is 7.77. The lowest BCUT2D eigenvalue weighted by Gasteiger charge is -2.31. The number of nitrogens with one attached hydrogen (secondary N) is 1. The molecule has 0 aromatic heterocycles. The number of hydrogen-bond acceptors (Lipinski definition) is 5. The van der Waals surface area contributed by atoms with Crippen molar-refractivity contribution < 1.29 is 17.9 Å². The molecule has 0 saturated heterocycles. The molecule has 1 heterocycles. The van der Waals surface area contributed by atoms with Gasteiger partial charge in [-0.2, -0.15) is 8.42 Å². The molecule has 1 aliphatic heterocycles. The van der Waals surface area contributed by atoms with E-state index in [9.17, 15) is 13.2 Å². The molecule has 1 aliphatic rings. The summed E-state index contributed by atoms with van der Waals surface area (Å²) in [5.74, 6) is 1.13. The number of benzene rings is 2. The lowest BCUT2D eigenvalue weighted by molar-refractivity contribution is 0.0939. The number of anilines is 1. The zero-order valence-electron chi connectivity index (χ0n) is 17.8. The Kier molecular flexibility index (Phi) is 6.17. The third-order valence-corrected chi connectivity index (χ3v) is 6.33. The molecule has 0 radical (unpaired) electrons. The maximum Gasteiger partial charge on any atom is 0.286 e. The Morgan fingerprint density at radius 2 is 1.80 bits per heavy atom. The van der Waals surface area contributed by atoms with Crippen molar-refractivity contribution in [2.75, 3.05) is 18.6 Å². The Bertz CT molecular complexity index is 1080. The van der Waals surface area contributed by atoms with E-state index in [1.807, 2.05) is 36.1 Å². The normalized spacial score (nSPS) is 15.9. The van der Waals surface area contributed by atoms with Gasteiger partial charge in [0.2, 0.25) is 0 Å². The highest BCUT2D eigenvalue weighted by Gasteiger charge is 2.30. The first-order chi connectivity index (χ1) is 14.1. The average molecular weight is 430 g/mol. The summed E-state index contributed by atoms with van der Waals surface area (Å²) in [7, 11) is -2.26. The second kappa shape index (κ2) is 8.47. The van der Waals surface area contributed by atoms with Gasteiger partial charge in [0.25, 0.3) is 15.9 Å². The molecule has 0 spiro atoms. The largest absolute Gasteiger partial charge is 0.497 e. The summed E-state index contributed by atoms with van der Waals surface area (Å²) < 4.78 is 34.3. The SMILES string of the molecule is COc1ccc([C@@H](C)NC(=O)c2ccc3c(c2)S(=O)(=O)N=C(C)N3CC(C)C)cc1. The van der Waals surface area contributed by atoms with Crippen LogP contribution in [-0.2, 0) is 10.0 Å². The van der Waals surface area contributed by atoms with Crippen molar-refractivity contribution in [3.8, 4) is 5.75 Å². The number of methoxy groups -OCH3 is 1. The minimum Gasteiger partial charge on any atom is -0.497 e. The van der Waals surface area contributed by atoms with Crippen molar-refractivity contribution in [2.24, 2.45) is 10.3 Å². The van der Waals surface area contributed by atoms with Crippen molar-refractivity contribution in [2.45, 2.75) is 38.6 Å². The third-order valence-electron chi connectivity index (χ3n) is 4.94. The van der Waals surface area contributed by atoms with Crippen molar-refractivity contribution in [3.05, 3.63) is 53.6 Å². The summed E-state index contributed by atoms with van der Waals surface area (Å²) in [6.45, 7) is 8.29. The van der Waals surface area contributed by atoms with Gasteiger partial charge in [0.15, 0.2) is 0 Å². The molecule has 3 rings (SSSR count).